The van der Waals surface area contributed by atoms with Crippen molar-refractivity contribution < 1.29 is 26.3 Å². The van der Waals surface area contributed by atoms with Crippen LogP contribution in [0.15, 0.2) is 127 Å². The van der Waals surface area contributed by atoms with Crippen molar-refractivity contribution in [1.29, 1.82) is 0 Å². The average Bonchev–Trinajstić information content (AvgIpc) is 3.10. The van der Waals surface area contributed by atoms with E-state index in [9.17, 15) is 26.3 Å². The van der Waals surface area contributed by atoms with E-state index in [1.54, 1.807) is 0 Å². The van der Waals surface area contributed by atoms with Crippen LogP contribution in [0.25, 0.3) is 32.7 Å². The highest BCUT2D eigenvalue weighted by Gasteiger charge is 2.37. The van der Waals surface area contributed by atoms with Gasteiger partial charge in [0, 0.05) is 22.5 Å². The maximum atomic E-state index is 13.7. The number of alkyl halides is 6. The highest BCUT2D eigenvalue weighted by Crippen LogP contribution is 2.45. The number of halogens is 6. The van der Waals surface area contributed by atoms with Crippen LogP contribution in [0.1, 0.15) is 33.4 Å². The maximum absolute atomic E-state index is 13.7. The van der Waals surface area contributed by atoms with Crippen molar-refractivity contribution in [3.8, 4) is 11.1 Å². The molecule has 55 heavy (non-hydrogen) atoms. The summed E-state index contributed by atoms with van der Waals surface area (Å²) >= 11 is 5.63. The average molecular weight is 781 g/mol. The lowest BCUT2D eigenvalue weighted by atomic mass is 9.92. The lowest BCUT2D eigenvalue weighted by molar-refractivity contribution is -0.143. The Labute approximate surface area is 322 Å². The molecule has 0 aromatic heterocycles. The largest absolute Gasteiger partial charge is 0.416 e. The van der Waals surface area contributed by atoms with Gasteiger partial charge in [0.1, 0.15) is 0 Å². The fourth-order valence-electron chi connectivity index (χ4n) is 7.25. The van der Waals surface area contributed by atoms with Gasteiger partial charge in [-0.25, -0.2) is 0 Å². The Bertz CT molecular complexity index is 2490. The molecule has 0 bridgehead atoms. The zero-order chi connectivity index (χ0) is 39.2. The molecule has 0 atom stereocenters. The highest BCUT2D eigenvalue weighted by atomic mass is 32.1. The standard InChI is InChI=1S/C45H35F6N2PS/c1-26-17-27(2)20-35(19-26)54(36-21-28(3)18-29(4)22-36)40-16-14-31-10-6-8-12-38(31)42(40)41-37-11-7-5-9-30(37)13-15-39(41)53-43(55)52-34-24-32(44(46,47)48)23-33(25-34)45(49,50)51/h5-25H,1-4H3,(H2,52,53,55). The van der Waals surface area contributed by atoms with Gasteiger partial charge in [0.05, 0.1) is 11.1 Å². The minimum Gasteiger partial charge on any atom is -0.332 e. The number of hydrogen-bond acceptors (Lipinski definition) is 1. The normalized spacial score (nSPS) is 12.1. The van der Waals surface area contributed by atoms with Gasteiger partial charge in [-0.15, -0.1) is 0 Å². The summed E-state index contributed by atoms with van der Waals surface area (Å²) < 4.78 is 82.4. The number of aryl methyl sites for hydroxylation is 4. The third-order valence-corrected chi connectivity index (χ3v) is 12.0. The van der Waals surface area contributed by atoms with Gasteiger partial charge in [-0.05, 0) is 110 Å². The second-order valence-electron chi connectivity index (χ2n) is 13.8. The van der Waals surface area contributed by atoms with E-state index in [1.807, 2.05) is 48.5 Å². The van der Waals surface area contributed by atoms with E-state index in [2.05, 4.69) is 99.0 Å². The summed E-state index contributed by atoms with van der Waals surface area (Å²) in [5.41, 5.74) is 3.52. The molecule has 0 saturated heterocycles. The van der Waals surface area contributed by atoms with Gasteiger partial charge in [-0.3, -0.25) is 0 Å². The number of anilines is 2. The van der Waals surface area contributed by atoms with Crippen LogP contribution in [0.4, 0.5) is 37.7 Å². The molecule has 2 nitrogen and oxygen atoms in total. The van der Waals surface area contributed by atoms with Crippen LogP contribution < -0.4 is 26.5 Å². The van der Waals surface area contributed by atoms with Crippen molar-refractivity contribution in [3.63, 3.8) is 0 Å². The van der Waals surface area contributed by atoms with Gasteiger partial charge in [-0.2, -0.15) is 26.3 Å². The summed E-state index contributed by atoms with van der Waals surface area (Å²) in [6, 6.07) is 38.7. The highest BCUT2D eigenvalue weighted by molar-refractivity contribution is 7.81. The predicted molar refractivity (Wildman–Crippen MR) is 221 cm³/mol. The second-order valence-corrected chi connectivity index (χ2v) is 16.4. The summed E-state index contributed by atoms with van der Waals surface area (Å²) in [5, 5.41) is 12.9. The Kier molecular flexibility index (Phi) is 10.2. The lowest BCUT2D eigenvalue weighted by Gasteiger charge is -2.27. The monoisotopic (exact) mass is 780 g/mol. The molecule has 0 fully saturated rings. The van der Waals surface area contributed by atoms with Gasteiger partial charge in [-0.1, -0.05) is 125 Å². The third kappa shape index (κ3) is 8.10. The number of rotatable bonds is 6. The molecular formula is C45H35F6N2PS. The Morgan fingerprint density at radius 3 is 1.45 bits per heavy atom. The topological polar surface area (TPSA) is 24.1 Å². The van der Waals surface area contributed by atoms with Crippen LogP contribution in [-0.2, 0) is 12.4 Å². The molecule has 7 aromatic rings. The van der Waals surface area contributed by atoms with Crippen molar-refractivity contribution >= 4 is 74.1 Å². The smallest absolute Gasteiger partial charge is 0.332 e. The molecule has 0 spiro atoms. The number of thiocarbonyl (C=S) groups is 1. The Balaban J connectivity index is 1.47. The molecule has 7 rings (SSSR count). The van der Waals surface area contributed by atoms with Crippen molar-refractivity contribution in [1.82, 2.24) is 0 Å². The van der Waals surface area contributed by atoms with Crippen LogP contribution in [-0.4, -0.2) is 5.11 Å². The zero-order valence-corrected chi connectivity index (χ0v) is 32.0. The second kappa shape index (κ2) is 14.8. The SMILES string of the molecule is Cc1cc(C)cc(P(c2cc(C)cc(C)c2)c2ccc3ccccc3c2-c2c(NC(=S)Nc3cc(C(F)(F)F)cc(C(F)(F)F)c3)ccc3ccccc23)c1. The van der Waals surface area contributed by atoms with E-state index in [1.165, 1.54) is 10.6 Å². The van der Waals surface area contributed by atoms with Gasteiger partial charge in [0.25, 0.3) is 0 Å². The predicted octanol–water partition coefficient (Wildman–Crippen LogP) is 12.5. The van der Waals surface area contributed by atoms with Crippen LogP contribution in [0.5, 0.6) is 0 Å². The summed E-state index contributed by atoms with van der Waals surface area (Å²) in [6.07, 6.45) is -10.0. The van der Waals surface area contributed by atoms with Gasteiger partial charge in [0.2, 0.25) is 0 Å². The first-order valence-corrected chi connectivity index (χ1v) is 19.2. The van der Waals surface area contributed by atoms with Crippen molar-refractivity contribution in [3.05, 3.63) is 161 Å². The quantitative estimate of drug-likeness (QED) is 0.0998. The molecule has 0 aliphatic carbocycles. The minimum atomic E-state index is -5.01. The molecule has 0 aliphatic heterocycles. The first-order valence-electron chi connectivity index (χ1n) is 17.4. The van der Waals surface area contributed by atoms with Crippen molar-refractivity contribution in [2.24, 2.45) is 0 Å². The molecule has 278 valence electrons. The molecule has 2 N–H and O–H groups in total. The van der Waals surface area contributed by atoms with Gasteiger partial charge < -0.3 is 10.6 Å². The van der Waals surface area contributed by atoms with E-state index >= 15 is 0 Å². The van der Waals surface area contributed by atoms with E-state index in [4.69, 9.17) is 12.2 Å². The van der Waals surface area contributed by atoms with Crippen LogP contribution in [0, 0.1) is 27.7 Å². The summed E-state index contributed by atoms with van der Waals surface area (Å²) in [4.78, 5) is 0. The lowest BCUT2D eigenvalue weighted by Crippen LogP contribution is -2.24. The summed E-state index contributed by atoms with van der Waals surface area (Å²) in [7, 11) is -1.18. The first-order chi connectivity index (χ1) is 26.0. The Morgan fingerprint density at radius 2 is 0.964 bits per heavy atom. The first kappa shape index (κ1) is 38.1. The summed E-state index contributed by atoms with van der Waals surface area (Å²) in [6.45, 7) is 8.37. The third-order valence-electron chi connectivity index (χ3n) is 9.35. The number of hydrogen-bond donors (Lipinski definition) is 2. The minimum absolute atomic E-state index is 0.0921. The molecule has 0 unspecified atom stereocenters. The molecule has 7 aromatic carbocycles. The molecule has 0 saturated carbocycles. The van der Waals surface area contributed by atoms with E-state index in [0.29, 0.717) is 17.8 Å². The molecule has 0 aliphatic rings. The van der Waals surface area contributed by atoms with Gasteiger partial charge >= 0.3 is 12.4 Å². The van der Waals surface area contributed by atoms with Gasteiger partial charge in [0.15, 0.2) is 5.11 Å². The van der Waals surface area contributed by atoms with Crippen molar-refractivity contribution in [2.75, 3.05) is 10.6 Å². The maximum Gasteiger partial charge on any atom is 0.416 e. The van der Waals surface area contributed by atoms with Crippen LogP contribution in [0.2, 0.25) is 0 Å². The van der Waals surface area contributed by atoms with Crippen LogP contribution in [0.3, 0.4) is 0 Å². The van der Waals surface area contributed by atoms with Crippen LogP contribution >= 0.6 is 20.1 Å². The molecule has 0 radical (unpaired) electrons. The zero-order valence-electron chi connectivity index (χ0n) is 30.2. The Morgan fingerprint density at radius 1 is 0.509 bits per heavy atom. The number of benzene rings is 7. The fraction of sp³-hybridized carbons (Fsp3) is 0.133. The van der Waals surface area contributed by atoms with E-state index in [-0.39, 0.29) is 11.2 Å². The van der Waals surface area contributed by atoms with E-state index in [0.717, 1.165) is 60.2 Å². The van der Waals surface area contributed by atoms with E-state index < -0.39 is 37.1 Å². The number of nitrogens with one attached hydrogen (secondary N) is 2. The van der Waals surface area contributed by atoms with Crippen molar-refractivity contribution in [2.45, 2.75) is 40.0 Å². The molecular weight excluding hydrogens is 746 g/mol. The molecule has 0 amide bonds. The Hall–Kier alpha value is -5.24. The summed E-state index contributed by atoms with van der Waals surface area (Å²) in [5.74, 6) is 0. The number of fused-ring (bicyclic) bond motifs is 2. The fourth-order valence-corrected chi connectivity index (χ4v) is 10.3. The molecule has 0 heterocycles. The molecule has 10 heteroatoms.